The van der Waals surface area contributed by atoms with Gasteiger partial charge >= 0.3 is 5.97 Å². The zero-order chi connectivity index (χ0) is 43.6. The third kappa shape index (κ3) is 9.84. The highest BCUT2D eigenvalue weighted by molar-refractivity contribution is 6.98. The number of carbonyl (C=O) groups excluding carboxylic acids is 1. The topological polar surface area (TPSA) is 91.1 Å². The lowest BCUT2D eigenvalue weighted by Gasteiger charge is -2.38. The van der Waals surface area contributed by atoms with Gasteiger partial charge in [0.25, 0.3) is 5.91 Å². The van der Waals surface area contributed by atoms with Crippen LogP contribution in [0.25, 0.3) is 5.57 Å². The van der Waals surface area contributed by atoms with E-state index in [1.54, 1.807) is 36.4 Å². The number of amides is 1. The number of unbranched alkanes of at least 4 members (excludes halogenated alkanes) is 3. The molecule has 0 unspecified atom stereocenters. The maximum Gasteiger partial charge on any atom is 0.339 e. The molecule has 0 saturated heterocycles. The molecule has 0 bridgehead atoms. The summed E-state index contributed by atoms with van der Waals surface area (Å²) in [5.74, 6) is -7.75. The smallest absolute Gasteiger partial charge is 0.339 e. The van der Waals surface area contributed by atoms with Crippen LogP contribution in [0.1, 0.15) is 57.5 Å². The summed E-state index contributed by atoms with van der Waals surface area (Å²) in [7, 11) is 0.996. The van der Waals surface area contributed by atoms with Crippen LogP contribution >= 0.6 is 11.6 Å². The number of carboxylic acid groups (broad SMARTS) is 1. The van der Waals surface area contributed by atoms with Crippen molar-refractivity contribution in [2.45, 2.75) is 38.8 Å². The lowest BCUT2D eigenvalue weighted by Crippen LogP contribution is -2.50. The highest BCUT2D eigenvalue weighted by atomic mass is 35.5. The molecule has 1 amide bonds. The van der Waals surface area contributed by atoms with E-state index in [2.05, 4.69) is 31.6 Å². The van der Waals surface area contributed by atoms with Crippen LogP contribution in [0.3, 0.4) is 0 Å². The van der Waals surface area contributed by atoms with Gasteiger partial charge in [-0.1, -0.05) is 69.4 Å². The fourth-order valence-electron chi connectivity index (χ4n) is 7.49. The van der Waals surface area contributed by atoms with Gasteiger partial charge in [-0.2, -0.15) is 4.58 Å². The Hall–Kier alpha value is -5.27. The van der Waals surface area contributed by atoms with Crippen LogP contribution in [-0.2, 0) is 9.47 Å². The van der Waals surface area contributed by atoms with Crippen LogP contribution in [0.2, 0.25) is 13.1 Å². The first-order valence-electron chi connectivity index (χ1n) is 19.9. The van der Waals surface area contributed by atoms with Gasteiger partial charge in [0.1, 0.15) is 32.1 Å². The van der Waals surface area contributed by atoms with E-state index in [1.807, 2.05) is 72.1 Å². The fraction of sp³-hybridized carbons (Fsp3) is 0.298. The Balaban J connectivity index is 1.60. The summed E-state index contributed by atoms with van der Waals surface area (Å²) < 4.78 is 62.2. The number of nitrogens with zero attached hydrogens (tertiary/aromatic N) is 2. The molecule has 5 rings (SSSR count). The molecular formula is C47H52ClF3N3O5Si+. The molecule has 60 heavy (non-hydrogen) atoms. The minimum atomic E-state index is -2.77. The summed E-state index contributed by atoms with van der Waals surface area (Å²) in [6, 6.07) is 15.2. The maximum atomic E-state index is 17.2. The summed E-state index contributed by atoms with van der Waals surface area (Å²) in [6.45, 7) is 12.9. The molecule has 0 aromatic heterocycles. The van der Waals surface area contributed by atoms with Gasteiger partial charge in [-0.05, 0) is 70.3 Å². The van der Waals surface area contributed by atoms with Gasteiger partial charge in [-0.25, -0.2) is 18.0 Å². The second-order valence-electron chi connectivity index (χ2n) is 14.9. The molecular weight excluding hydrogens is 807 g/mol. The highest BCUT2D eigenvalue weighted by Crippen LogP contribution is 2.45. The van der Waals surface area contributed by atoms with Gasteiger partial charge in [0.2, 0.25) is 11.4 Å². The summed E-state index contributed by atoms with van der Waals surface area (Å²) in [4.78, 5) is 28.4. The third-order valence-corrected chi connectivity index (χ3v) is 14.6. The average Bonchev–Trinajstić information content (AvgIpc) is 3.24. The molecule has 3 aromatic rings. The Bertz CT molecular complexity index is 2300. The molecule has 1 aliphatic carbocycles. The molecule has 1 heterocycles. The maximum absolute atomic E-state index is 17.2. The Kier molecular flexibility index (Phi) is 15.9. The molecule has 0 spiro atoms. The van der Waals surface area contributed by atoms with Crippen LogP contribution in [0.5, 0.6) is 0 Å². The number of hydrogen-bond acceptors (Lipinski definition) is 5. The lowest BCUT2D eigenvalue weighted by molar-refractivity contribution is -0.436. The van der Waals surface area contributed by atoms with Crippen molar-refractivity contribution in [3.63, 3.8) is 0 Å². The van der Waals surface area contributed by atoms with Crippen LogP contribution in [0, 0.1) is 17.5 Å². The SMILES string of the molecule is C=C/C=C(\C=C)[N+](C)=C1C=CC2=C(c3c(F)c(C(=O)NCCOCCOCCCCCCCl)c(F)c(F)c3C(=O)O)c3ccc(N(C)c4ccccc4)cc3[Si](C)(C)C2=C1. The Morgan fingerprint density at radius 2 is 1.58 bits per heavy atom. The summed E-state index contributed by atoms with van der Waals surface area (Å²) >= 11 is 5.70. The first-order chi connectivity index (χ1) is 28.8. The average molecular weight is 859 g/mol. The van der Waals surface area contributed by atoms with E-state index in [1.165, 1.54) is 0 Å². The van der Waals surface area contributed by atoms with E-state index in [-0.39, 0.29) is 25.3 Å². The van der Waals surface area contributed by atoms with Crippen molar-refractivity contribution in [3.8, 4) is 0 Å². The Morgan fingerprint density at radius 1 is 0.900 bits per heavy atom. The zero-order valence-electron chi connectivity index (χ0n) is 34.6. The fourth-order valence-corrected chi connectivity index (χ4v) is 10.8. The van der Waals surface area contributed by atoms with E-state index in [0.29, 0.717) is 30.2 Å². The van der Waals surface area contributed by atoms with Gasteiger partial charge < -0.3 is 24.8 Å². The van der Waals surface area contributed by atoms with Gasteiger partial charge in [0.15, 0.2) is 11.6 Å². The molecule has 8 nitrogen and oxygen atoms in total. The number of carboxylic acids is 1. The monoisotopic (exact) mass is 858 g/mol. The number of hydrogen-bond donors (Lipinski definition) is 2. The molecule has 0 atom stereocenters. The van der Waals surface area contributed by atoms with E-state index >= 15 is 13.2 Å². The van der Waals surface area contributed by atoms with E-state index in [9.17, 15) is 14.7 Å². The second-order valence-corrected chi connectivity index (χ2v) is 19.6. The molecule has 3 aromatic carbocycles. The van der Waals surface area contributed by atoms with Crippen LogP contribution in [0.15, 0.2) is 115 Å². The molecule has 2 aliphatic rings. The normalized spacial score (nSPS) is 15.2. The summed E-state index contributed by atoms with van der Waals surface area (Å²) in [6.07, 6.45) is 14.5. The standard InChI is InChI=1S/C47H51ClF3N3O5Si/c1-7-16-31(8-2)53(3)33-19-21-35-37(29-33)60(5,6)38-30-34(54(4)32-17-12-11-13-18-32)20-22-36(38)39(35)40-41(47(56)57)44(50)45(51)42(43(40)49)46(55)52-24-26-59-28-27-58-25-15-10-9-14-23-48/h7-8,11-13,16-22,29-30H,1-2,9-10,14-15,23-28H2,3-6H3,(H-,52,55,56,57)/p+1/b31-16+. The number of nitrogens with one attached hydrogen (secondary N) is 1. The number of allylic oxidation sites excluding steroid dienone is 8. The van der Waals surface area contributed by atoms with Gasteiger partial charge in [0.05, 0.1) is 19.8 Å². The number of aromatic carboxylic acids is 1. The van der Waals surface area contributed by atoms with Crippen LogP contribution in [0.4, 0.5) is 24.5 Å². The number of likely N-dealkylation sites (N-methyl/N-ethyl adjacent to an activating group) is 1. The number of anilines is 2. The quantitative estimate of drug-likeness (QED) is 0.0294. The molecule has 0 saturated carbocycles. The number of alkyl halides is 1. The van der Waals surface area contributed by atoms with Crippen molar-refractivity contribution in [3.05, 3.63) is 154 Å². The number of carbonyl (C=O) groups is 2. The van der Waals surface area contributed by atoms with Crippen molar-refractivity contribution in [2.24, 2.45) is 0 Å². The number of ether oxygens (including phenoxy) is 2. The van der Waals surface area contributed by atoms with Gasteiger partial charge in [0, 0.05) is 67.3 Å². The third-order valence-electron chi connectivity index (χ3n) is 10.8. The molecule has 0 radical (unpaired) electrons. The molecule has 0 fully saturated rings. The predicted molar refractivity (Wildman–Crippen MR) is 237 cm³/mol. The number of fused-ring (bicyclic) bond motifs is 2. The zero-order valence-corrected chi connectivity index (χ0v) is 36.3. The van der Waals surface area contributed by atoms with E-state index in [4.69, 9.17) is 21.1 Å². The Morgan fingerprint density at radius 3 is 2.25 bits per heavy atom. The summed E-state index contributed by atoms with van der Waals surface area (Å²) in [5, 5.41) is 14.4. The molecule has 2 N–H and O–H groups in total. The van der Waals surface area contributed by atoms with Crippen molar-refractivity contribution in [1.29, 1.82) is 0 Å². The van der Waals surface area contributed by atoms with Crippen molar-refractivity contribution in [1.82, 2.24) is 5.32 Å². The van der Waals surface area contributed by atoms with E-state index in [0.717, 1.165) is 58.8 Å². The first-order valence-corrected chi connectivity index (χ1v) is 23.4. The first kappa shape index (κ1) is 45.8. The molecule has 316 valence electrons. The Labute approximate surface area is 356 Å². The van der Waals surface area contributed by atoms with Crippen LogP contribution in [-0.4, -0.2) is 88.3 Å². The van der Waals surface area contributed by atoms with Crippen molar-refractivity contribution < 1.29 is 41.9 Å². The van der Waals surface area contributed by atoms with Gasteiger partial charge in [-0.3, -0.25) is 4.79 Å². The highest BCUT2D eigenvalue weighted by Gasteiger charge is 2.44. The molecule has 13 heteroatoms. The molecule has 1 aliphatic heterocycles. The largest absolute Gasteiger partial charge is 0.478 e. The lowest BCUT2D eigenvalue weighted by atomic mass is 9.85. The summed E-state index contributed by atoms with van der Waals surface area (Å²) in [5.41, 5.74) is 0.961. The predicted octanol–water partition coefficient (Wildman–Crippen LogP) is 9.24. The van der Waals surface area contributed by atoms with Crippen LogP contribution < -0.4 is 15.4 Å². The minimum absolute atomic E-state index is 0.0134. The number of rotatable bonds is 20. The van der Waals surface area contributed by atoms with Crippen molar-refractivity contribution >= 4 is 59.4 Å². The second kappa shape index (κ2) is 20.8. The van der Waals surface area contributed by atoms with E-state index < -0.39 is 54.1 Å². The number of para-hydroxylation sites is 1. The van der Waals surface area contributed by atoms with Crippen molar-refractivity contribution in [2.75, 3.05) is 57.8 Å². The van der Waals surface area contributed by atoms with Gasteiger partial charge in [-0.15, -0.1) is 11.6 Å². The minimum Gasteiger partial charge on any atom is -0.478 e. The number of halogens is 4. The number of benzene rings is 3.